The molecule has 0 aromatic carbocycles. The summed E-state index contributed by atoms with van der Waals surface area (Å²) in [7, 11) is -3.46. The molecule has 2 saturated heterocycles. The van der Waals surface area contributed by atoms with Gasteiger partial charge in [-0.3, -0.25) is 29.6 Å². The van der Waals surface area contributed by atoms with Crippen LogP contribution in [0.1, 0.15) is 19.8 Å². The second kappa shape index (κ2) is 8.95. The Morgan fingerprint density at radius 2 is 1.93 bits per heavy atom. The Morgan fingerprint density at radius 3 is 2.39 bits per heavy atom. The fourth-order valence-corrected chi connectivity index (χ4v) is 3.12. The van der Waals surface area contributed by atoms with E-state index in [9.17, 15) is 22.8 Å². The number of aromatic nitrogens is 1. The van der Waals surface area contributed by atoms with E-state index in [1.54, 1.807) is 12.4 Å². The van der Waals surface area contributed by atoms with Gasteiger partial charge in [0.1, 0.15) is 6.04 Å². The molecule has 154 valence electrons. The van der Waals surface area contributed by atoms with Crippen molar-refractivity contribution in [3.63, 3.8) is 0 Å². The van der Waals surface area contributed by atoms with Gasteiger partial charge in [0.2, 0.25) is 5.91 Å². The van der Waals surface area contributed by atoms with Crippen molar-refractivity contribution in [3.8, 4) is 0 Å². The minimum absolute atomic E-state index is 0.0935. The number of pyridine rings is 1. The van der Waals surface area contributed by atoms with Crippen molar-refractivity contribution >= 4 is 28.2 Å². The lowest BCUT2D eigenvalue weighted by Crippen LogP contribution is -2.54. The highest BCUT2D eigenvalue weighted by Gasteiger charge is 2.49. The first-order valence-corrected chi connectivity index (χ1v) is 9.63. The van der Waals surface area contributed by atoms with E-state index in [1.165, 1.54) is 14.0 Å². The maximum Gasteiger partial charge on any atom is 0.418 e. The van der Waals surface area contributed by atoms with Crippen LogP contribution in [-0.4, -0.2) is 76.4 Å². The largest absolute Gasteiger partial charge is 0.418 e. The van der Waals surface area contributed by atoms with Crippen molar-refractivity contribution in [1.29, 1.82) is 0 Å². The van der Waals surface area contributed by atoms with Gasteiger partial charge in [0, 0.05) is 32.9 Å². The minimum Gasteiger partial charge on any atom is -0.309 e. The Balaban J connectivity index is 0.000000397. The molecule has 0 spiro atoms. The fraction of sp³-hybridized carbons (Fsp3) is 0.467. The summed E-state index contributed by atoms with van der Waals surface area (Å²) in [6.45, 7) is 1.36. The third-order valence-electron chi connectivity index (χ3n) is 4.12. The number of nitrogens with zero attached hydrogens (tertiary/aromatic N) is 4. The van der Waals surface area contributed by atoms with Crippen LogP contribution in [-0.2, 0) is 24.3 Å². The molecule has 2 fully saturated rings. The zero-order valence-electron chi connectivity index (χ0n) is 15.3. The molecule has 13 heteroatoms. The minimum atomic E-state index is -4.82. The molecule has 12 nitrogen and oxygen atoms in total. The maximum atomic E-state index is 12.1. The second-order valence-electron chi connectivity index (χ2n) is 6.09. The van der Waals surface area contributed by atoms with E-state index >= 15 is 0 Å². The molecule has 0 radical (unpaired) electrons. The van der Waals surface area contributed by atoms with E-state index in [0.717, 1.165) is 9.91 Å². The van der Waals surface area contributed by atoms with Crippen LogP contribution >= 0.6 is 0 Å². The number of hydrogen-bond donors (Lipinski definition) is 2. The molecule has 2 aliphatic heterocycles. The molecule has 1 aromatic heterocycles. The van der Waals surface area contributed by atoms with E-state index in [1.807, 2.05) is 18.2 Å². The molecule has 2 bridgehead atoms. The quantitative estimate of drug-likeness (QED) is 0.499. The smallest absolute Gasteiger partial charge is 0.309 e. The van der Waals surface area contributed by atoms with Crippen LogP contribution in [0.25, 0.3) is 0 Å². The summed E-state index contributed by atoms with van der Waals surface area (Å²) in [5.41, 5.74) is 2.34. The first-order chi connectivity index (χ1) is 13.1. The molecule has 0 aliphatic carbocycles. The Bertz CT molecular complexity index is 793. The van der Waals surface area contributed by atoms with Crippen LogP contribution < -0.4 is 5.43 Å². The number of carbonyl (C=O) groups is 3. The zero-order chi connectivity index (χ0) is 20.9. The lowest BCUT2D eigenvalue weighted by molar-refractivity contribution is -0.140. The number of rotatable bonds is 3. The van der Waals surface area contributed by atoms with Gasteiger partial charge < -0.3 is 4.90 Å². The summed E-state index contributed by atoms with van der Waals surface area (Å²) < 4.78 is 34.4. The van der Waals surface area contributed by atoms with Crippen molar-refractivity contribution < 1.29 is 31.6 Å². The molecule has 2 N–H and O–H groups in total. The van der Waals surface area contributed by atoms with Gasteiger partial charge in [0.15, 0.2) is 0 Å². The van der Waals surface area contributed by atoms with E-state index in [0.29, 0.717) is 11.5 Å². The van der Waals surface area contributed by atoms with E-state index in [2.05, 4.69) is 14.7 Å². The first-order valence-electron chi connectivity index (χ1n) is 8.26. The van der Waals surface area contributed by atoms with Gasteiger partial charge in [-0.1, -0.05) is 6.07 Å². The SMILES string of the molecule is CC(=O)N(C)NC(=O)[C@@H]1CC[C@@H]2CN1C(=O)N2OS(=O)(=O)O.c1ccncc1. The standard InChI is InChI=1S/C10H16N4O7S.C5H5N/c1-6(15)12(2)11-9(16)8-4-3-7-5-13(8)10(17)14(7)21-22(18,19)20;1-2-4-6-5-3-1/h7-8H,3-5H2,1-2H3,(H,11,16)(H,18,19,20);1-5H/t7-,8+;/m1./s1. The predicted octanol–water partition coefficient (Wildman–Crippen LogP) is -0.419. The Labute approximate surface area is 161 Å². The fourth-order valence-electron chi connectivity index (χ4n) is 2.74. The molecule has 2 aliphatic rings. The number of fused-ring (bicyclic) bond motifs is 2. The number of hydrazine groups is 1. The zero-order valence-corrected chi connectivity index (χ0v) is 16.1. The summed E-state index contributed by atoms with van der Waals surface area (Å²) in [6, 6.07) is 3.47. The number of urea groups is 1. The molecule has 4 amide bonds. The van der Waals surface area contributed by atoms with E-state index in [4.69, 9.17) is 4.55 Å². The van der Waals surface area contributed by atoms with Gasteiger partial charge in [-0.15, -0.1) is 4.28 Å². The monoisotopic (exact) mass is 415 g/mol. The highest BCUT2D eigenvalue weighted by atomic mass is 32.3. The average molecular weight is 415 g/mol. The van der Waals surface area contributed by atoms with Crippen LogP contribution in [0.2, 0.25) is 0 Å². The first kappa shape index (κ1) is 21.5. The van der Waals surface area contributed by atoms with Gasteiger partial charge >= 0.3 is 16.4 Å². The topological polar surface area (TPSA) is 149 Å². The number of hydroxylamine groups is 2. The summed E-state index contributed by atoms with van der Waals surface area (Å²) in [4.78, 5) is 40.2. The van der Waals surface area contributed by atoms with Crippen LogP contribution in [0, 0.1) is 0 Å². The lowest BCUT2D eigenvalue weighted by Gasteiger charge is -2.30. The lowest BCUT2D eigenvalue weighted by atomic mass is 10.0. The number of nitrogens with one attached hydrogen (secondary N) is 1. The van der Waals surface area contributed by atoms with Crippen molar-refractivity contribution in [1.82, 2.24) is 25.4 Å². The van der Waals surface area contributed by atoms with Gasteiger partial charge in [0.05, 0.1) is 6.04 Å². The van der Waals surface area contributed by atoms with Gasteiger partial charge in [-0.05, 0) is 25.0 Å². The van der Waals surface area contributed by atoms with Crippen molar-refractivity contribution in [3.05, 3.63) is 30.6 Å². The molecular weight excluding hydrogens is 394 g/mol. The number of carbonyl (C=O) groups excluding carboxylic acids is 3. The number of hydrogen-bond acceptors (Lipinski definition) is 7. The van der Waals surface area contributed by atoms with Gasteiger partial charge in [0.25, 0.3) is 5.91 Å². The summed E-state index contributed by atoms with van der Waals surface area (Å²) in [5, 5.41) is 1.54. The Kier molecular flexibility index (Phi) is 6.88. The normalized spacial score (nSPS) is 20.9. The van der Waals surface area contributed by atoms with Crippen LogP contribution in [0.5, 0.6) is 0 Å². The molecule has 2 atom stereocenters. The molecule has 28 heavy (non-hydrogen) atoms. The van der Waals surface area contributed by atoms with Crippen molar-refractivity contribution in [2.24, 2.45) is 0 Å². The highest BCUT2D eigenvalue weighted by molar-refractivity contribution is 7.80. The summed E-state index contributed by atoms with van der Waals surface area (Å²) >= 11 is 0. The molecule has 0 saturated carbocycles. The third kappa shape index (κ3) is 5.61. The predicted molar refractivity (Wildman–Crippen MR) is 94.2 cm³/mol. The van der Waals surface area contributed by atoms with Crippen LogP contribution in [0.15, 0.2) is 30.6 Å². The van der Waals surface area contributed by atoms with E-state index < -0.39 is 34.4 Å². The van der Waals surface area contributed by atoms with Crippen molar-refractivity contribution in [2.75, 3.05) is 13.6 Å². The highest BCUT2D eigenvalue weighted by Crippen LogP contribution is 2.30. The van der Waals surface area contributed by atoms with Crippen molar-refractivity contribution in [2.45, 2.75) is 31.8 Å². The molecule has 3 heterocycles. The number of piperidine rings is 1. The van der Waals surface area contributed by atoms with Crippen LogP contribution in [0.4, 0.5) is 4.79 Å². The Morgan fingerprint density at radius 1 is 1.29 bits per heavy atom. The second-order valence-corrected chi connectivity index (χ2v) is 7.09. The van der Waals surface area contributed by atoms with Crippen LogP contribution in [0.3, 0.4) is 0 Å². The van der Waals surface area contributed by atoms with Gasteiger partial charge in [-0.25, -0.2) is 4.79 Å². The third-order valence-corrected chi connectivity index (χ3v) is 4.47. The Hall–Kier alpha value is -2.77. The molecular formula is C15H21N5O7S. The summed E-state index contributed by atoms with van der Waals surface area (Å²) in [5.74, 6) is -0.940. The average Bonchev–Trinajstić information content (AvgIpc) is 2.87. The summed E-state index contributed by atoms with van der Waals surface area (Å²) in [6.07, 6.45) is 4.10. The maximum absolute atomic E-state index is 12.1. The molecule has 0 unspecified atom stereocenters. The van der Waals surface area contributed by atoms with Gasteiger partial charge in [-0.2, -0.15) is 13.5 Å². The number of amides is 4. The van der Waals surface area contributed by atoms with E-state index in [-0.39, 0.29) is 18.9 Å². The molecule has 3 rings (SSSR count). The molecule has 1 aromatic rings.